The molecule has 0 radical (unpaired) electrons. The summed E-state index contributed by atoms with van der Waals surface area (Å²) < 4.78 is 27.2. The average Bonchev–Trinajstić information content (AvgIpc) is 2.82. The lowest BCUT2D eigenvalue weighted by molar-refractivity contribution is 0.0646. The lowest BCUT2D eigenvalue weighted by Crippen LogP contribution is -2.40. The summed E-state index contributed by atoms with van der Waals surface area (Å²) in [5, 5.41) is 9.46. The number of hydrogen-bond acceptors (Lipinski definition) is 4. The van der Waals surface area contributed by atoms with Crippen molar-refractivity contribution in [3.05, 3.63) is 89.5 Å². The van der Waals surface area contributed by atoms with Crippen molar-refractivity contribution in [1.82, 2.24) is 4.90 Å². The fourth-order valence-electron chi connectivity index (χ4n) is 3.76. The number of carbonyl (C=O) groups excluding carboxylic acids is 2. The van der Waals surface area contributed by atoms with E-state index in [9.17, 15) is 23.5 Å². The molecule has 4 nitrogen and oxygen atoms in total. The van der Waals surface area contributed by atoms with Crippen molar-refractivity contribution in [3.8, 4) is 5.75 Å². The van der Waals surface area contributed by atoms with Crippen LogP contribution in [0.1, 0.15) is 33.6 Å². The number of hydrogen-bond donors (Lipinski definition) is 1. The first-order chi connectivity index (χ1) is 15.4. The van der Waals surface area contributed by atoms with Gasteiger partial charge in [-0.05, 0) is 43.2 Å². The molecule has 1 heterocycles. The minimum atomic E-state index is -1.11. The number of rotatable bonds is 5. The number of piperidine rings is 1. The molecule has 32 heavy (non-hydrogen) atoms. The van der Waals surface area contributed by atoms with Crippen molar-refractivity contribution >= 4 is 23.5 Å². The number of benzene rings is 3. The van der Waals surface area contributed by atoms with Crippen LogP contribution in [0.5, 0.6) is 5.75 Å². The predicted octanol–water partition coefficient (Wildman–Crippen LogP) is 5.56. The molecule has 3 aromatic carbocycles. The molecule has 0 unspecified atom stereocenters. The minimum absolute atomic E-state index is 0.0268. The van der Waals surface area contributed by atoms with Gasteiger partial charge in [0.05, 0.1) is 5.56 Å². The van der Waals surface area contributed by atoms with Crippen LogP contribution < -0.4 is 0 Å². The second-order valence-corrected chi connectivity index (χ2v) is 8.80. The van der Waals surface area contributed by atoms with Gasteiger partial charge in [0.25, 0.3) is 5.91 Å². The molecule has 0 saturated carbocycles. The topological polar surface area (TPSA) is 57.6 Å². The van der Waals surface area contributed by atoms with Gasteiger partial charge in [-0.15, -0.1) is 0 Å². The van der Waals surface area contributed by atoms with Crippen molar-refractivity contribution in [2.24, 2.45) is 5.92 Å². The van der Waals surface area contributed by atoms with E-state index >= 15 is 0 Å². The normalized spacial score (nSPS) is 14.4. The number of phenols is 1. The molecule has 1 fully saturated rings. The summed E-state index contributed by atoms with van der Waals surface area (Å²) in [6.45, 7) is 0.573. The van der Waals surface area contributed by atoms with Gasteiger partial charge in [0.15, 0.2) is 17.3 Å². The van der Waals surface area contributed by atoms with Gasteiger partial charge in [-0.1, -0.05) is 42.1 Å². The Labute approximate surface area is 188 Å². The van der Waals surface area contributed by atoms with E-state index in [-0.39, 0.29) is 30.4 Å². The highest BCUT2D eigenvalue weighted by molar-refractivity contribution is 7.99. The van der Waals surface area contributed by atoms with E-state index in [0.29, 0.717) is 24.5 Å². The number of phenolic OH excluding ortho intramolecular Hbond substituents is 1. The van der Waals surface area contributed by atoms with Crippen LogP contribution in [0.25, 0.3) is 0 Å². The number of ketones is 1. The summed E-state index contributed by atoms with van der Waals surface area (Å²) in [5.41, 5.74) is 0.252. The highest BCUT2D eigenvalue weighted by Crippen LogP contribution is 2.29. The first-order valence-electron chi connectivity index (χ1n) is 10.3. The van der Waals surface area contributed by atoms with Crippen LogP contribution in [-0.4, -0.2) is 34.8 Å². The van der Waals surface area contributed by atoms with Crippen LogP contribution in [0.2, 0.25) is 0 Å². The fourth-order valence-corrected chi connectivity index (χ4v) is 4.60. The molecule has 0 aliphatic carbocycles. The lowest BCUT2D eigenvalue weighted by Gasteiger charge is -2.31. The number of halogens is 2. The van der Waals surface area contributed by atoms with Gasteiger partial charge in [0, 0.05) is 40.4 Å². The summed E-state index contributed by atoms with van der Waals surface area (Å²) >= 11 is 1.62. The number of Topliss-reactive ketones (excluding diaryl/α,β-unsaturated/α-hetero) is 1. The monoisotopic (exact) mass is 453 g/mol. The van der Waals surface area contributed by atoms with Crippen LogP contribution in [0.4, 0.5) is 8.78 Å². The van der Waals surface area contributed by atoms with Crippen LogP contribution >= 0.6 is 11.8 Å². The Morgan fingerprint density at radius 3 is 2.16 bits per heavy atom. The summed E-state index contributed by atoms with van der Waals surface area (Å²) in [5.74, 6) is -3.72. The van der Waals surface area contributed by atoms with Gasteiger partial charge in [-0.2, -0.15) is 0 Å². The van der Waals surface area contributed by atoms with E-state index in [1.54, 1.807) is 11.8 Å². The molecule has 1 aliphatic heterocycles. The van der Waals surface area contributed by atoms with E-state index in [1.807, 2.05) is 54.6 Å². The zero-order valence-corrected chi connectivity index (χ0v) is 17.9. The smallest absolute Gasteiger partial charge is 0.256 e. The second kappa shape index (κ2) is 9.53. The quantitative estimate of drug-likeness (QED) is 0.514. The molecule has 7 heteroatoms. The molecule has 164 valence electrons. The summed E-state index contributed by atoms with van der Waals surface area (Å²) in [6.07, 6.45) is 0.916. The van der Waals surface area contributed by atoms with Crippen LogP contribution in [-0.2, 0) is 0 Å². The van der Waals surface area contributed by atoms with E-state index in [1.165, 1.54) is 4.90 Å². The molecule has 3 aromatic rings. The molecule has 4 rings (SSSR count). The number of amides is 1. The Kier molecular flexibility index (Phi) is 6.55. The Hall–Kier alpha value is -3.19. The molecule has 1 N–H and O–H groups in total. The van der Waals surface area contributed by atoms with Crippen molar-refractivity contribution in [2.45, 2.75) is 22.6 Å². The Balaban J connectivity index is 1.36. The average molecular weight is 454 g/mol. The largest absolute Gasteiger partial charge is 0.505 e. The standard InChI is InChI=1S/C25H21F2NO3S/c26-21-15-22(27)23(29)14-20(21)25(31)28-12-10-17(11-13-28)24(30)16-6-8-19(9-7-16)32-18-4-2-1-3-5-18/h1-9,14-15,17,29H,10-13H2. The number of nitrogens with zero attached hydrogens (tertiary/aromatic N) is 1. The number of carbonyl (C=O) groups is 2. The maximum Gasteiger partial charge on any atom is 0.256 e. The first kappa shape index (κ1) is 22.0. The SMILES string of the molecule is O=C(c1ccc(Sc2ccccc2)cc1)C1CCN(C(=O)c2cc(O)c(F)cc2F)CC1. The summed E-state index contributed by atoms with van der Waals surface area (Å²) in [6, 6.07) is 18.8. The lowest BCUT2D eigenvalue weighted by atomic mass is 9.88. The van der Waals surface area contributed by atoms with Gasteiger partial charge < -0.3 is 10.0 Å². The van der Waals surface area contributed by atoms with Crippen LogP contribution in [0.15, 0.2) is 76.5 Å². The van der Waals surface area contributed by atoms with E-state index < -0.39 is 23.3 Å². The molecule has 1 aliphatic rings. The number of likely N-dealkylation sites (tertiary alicyclic amines) is 1. The fraction of sp³-hybridized carbons (Fsp3) is 0.200. The van der Waals surface area contributed by atoms with E-state index in [4.69, 9.17) is 0 Å². The Morgan fingerprint density at radius 1 is 0.875 bits per heavy atom. The third kappa shape index (κ3) is 4.83. The highest BCUT2D eigenvalue weighted by atomic mass is 32.2. The zero-order chi connectivity index (χ0) is 22.7. The molecular weight excluding hydrogens is 432 g/mol. The summed E-state index contributed by atoms with van der Waals surface area (Å²) in [4.78, 5) is 29.1. The van der Waals surface area contributed by atoms with Crippen molar-refractivity contribution in [3.63, 3.8) is 0 Å². The minimum Gasteiger partial charge on any atom is -0.505 e. The predicted molar refractivity (Wildman–Crippen MR) is 118 cm³/mol. The van der Waals surface area contributed by atoms with Gasteiger partial charge in [0.2, 0.25) is 0 Å². The second-order valence-electron chi connectivity index (χ2n) is 7.65. The Morgan fingerprint density at radius 2 is 1.50 bits per heavy atom. The molecule has 0 atom stereocenters. The van der Waals surface area contributed by atoms with Crippen molar-refractivity contribution in [1.29, 1.82) is 0 Å². The number of aromatic hydroxyl groups is 1. The first-order valence-corrected chi connectivity index (χ1v) is 11.1. The third-order valence-electron chi connectivity index (χ3n) is 5.54. The highest BCUT2D eigenvalue weighted by Gasteiger charge is 2.30. The van der Waals surface area contributed by atoms with Crippen LogP contribution in [0, 0.1) is 17.6 Å². The molecule has 0 bridgehead atoms. The van der Waals surface area contributed by atoms with Gasteiger partial charge in [-0.25, -0.2) is 8.78 Å². The maximum absolute atomic E-state index is 14.0. The molecule has 1 saturated heterocycles. The molecule has 1 amide bonds. The molecule has 0 spiro atoms. The van der Waals surface area contributed by atoms with Crippen molar-refractivity contribution in [2.75, 3.05) is 13.1 Å². The molecule has 0 aromatic heterocycles. The maximum atomic E-state index is 14.0. The van der Waals surface area contributed by atoms with Crippen molar-refractivity contribution < 1.29 is 23.5 Å². The van der Waals surface area contributed by atoms with E-state index in [2.05, 4.69) is 0 Å². The van der Waals surface area contributed by atoms with Gasteiger partial charge >= 0.3 is 0 Å². The zero-order valence-electron chi connectivity index (χ0n) is 17.1. The van der Waals surface area contributed by atoms with E-state index in [0.717, 1.165) is 15.9 Å². The third-order valence-corrected chi connectivity index (χ3v) is 6.55. The van der Waals surface area contributed by atoms with Crippen LogP contribution in [0.3, 0.4) is 0 Å². The van der Waals surface area contributed by atoms with Gasteiger partial charge in [0.1, 0.15) is 5.82 Å². The Bertz CT molecular complexity index is 1130. The molecular formula is C25H21F2NO3S. The summed E-state index contributed by atoms with van der Waals surface area (Å²) in [7, 11) is 0. The van der Waals surface area contributed by atoms with Gasteiger partial charge in [-0.3, -0.25) is 9.59 Å².